The molecule has 102 valence electrons. The van der Waals surface area contributed by atoms with Crippen LogP contribution in [-0.2, 0) is 9.84 Å². The molecule has 0 aliphatic rings. The highest BCUT2D eigenvalue weighted by atomic mass is 32.2. The number of benzene rings is 1. The minimum absolute atomic E-state index is 0.00793. The molecule has 3 N–H and O–H groups in total. The van der Waals surface area contributed by atoms with Crippen LogP contribution < -0.4 is 11.3 Å². The first-order valence-electron chi connectivity index (χ1n) is 5.42. The fraction of sp³-hybridized carbons (Fsp3) is 0.455. The first-order chi connectivity index (χ1) is 8.33. The van der Waals surface area contributed by atoms with Gasteiger partial charge in [-0.2, -0.15) is 0 Å². The van der Waals surface area contributed by atoms with Crippen LogP contribution in [0.25, 0.3) is 0 Å². The van der Waals surface area contributed by atoms with E-state index in [-0.39, 0.29) is 11.3 Å². The van der Waals surface area contributed by atoms with Crippen molar-refractivity contribution < 1.29 is 17.2 Å². The maximum Gasteiger partial charge on any atom is 0.147 e. The van der Waals surface area contributed by atoms with Crippen molar-refractivity contribution in [3.63, 3.8) is 0 Å². The molecule has 1 unspecified atom stereocenters. The van der Waals surface area contributed by atoms with Crippen molar-refractivity contribution in [2.24, 2.45) is 5.84 Å². The van der Waals surface area contributed by atoms with Crippen LogP contribution in [-0.4, -0.2) is 20.4 Å². The van der Waals surface area contributed by atoms with Gasteiger partial charge in [-0.25, -0.2) is 17.2 Å². The third-order valence-electron chi connectivity index (χ3n) is 2.55. The van der Waals surface area contributed by atoms with Gasteiger partial charge in [0.05, 0.1) is 0 Å². The first kappa shape index (κ1) is 15.0. The van der Waals surface area contributed by atoms with E-state index in [0.29, 0.717) is 12.8 Å². The number of hydrogen-bond donors (Lipinski definition) is 2. The monoisotopic (exact) mass is 278 g/mol. The Hall–Kier alpha value is -1.05. The zero-order valence-electron chi connectivity index (χ0n) is 9.99. The molecule has 0 radical (unpaired) electrons. The summed E-state index contributed by atoms with van der Waals surface area (Å²) in [6, 6.07) is 2.68. The third kappa shape index (κ3) is 4.67. The van der Waals surface area contributed by atoms with Crippen LogP contribution in [0.15, 0.2) is 18.2 Å². The molecular formula is C11H16F2N2O2S. The van der Waals surface area contributed by atoms with Crippen LogP contribution in [0.1, 0.15) is 24.4 Å². The topological polar surface area (TPSA) is 72.2 Å². The van der Waals surface area contributed by atoms with E-state index in [9.17, 15) is 17.2 Å². The Balaban J connectivity index is 2.71. The maximum absolute atomic E-state index is 13.5. The lowest BCUT2D eigenvalue weighted by Gasteiger charge is -2.16. The van der Waals surface area contributed by atoms with Crippen LogP contribution in [0.2, 0.25) is 0 Å². The number of nitrogens with two attached hydrogens (primary N) is 1. The van der Waals surface area contributed by atoms with E-state index in [1.807, 2.05) is 0 Å². The molecule has 0 heterocycles. The Morgan fingerprint density at radius 1 is 1.39 bits per heavy atom. The number of halogens is 2. The molecule has 0 aromatic heterocycles. The van der Waals surface area contributed by atoms with E-state index in [1.54, 1.807) is 0 Å². The second kappa shape index (κ2) is 6.21. The molecule has 0 bridgehead atoms. The summed E-state index contributed by atoms with van der Waals surface area (Å²) in [5.74, 6) is 3.95. The lowest BCUT2D eigenvalue weighted by Crippen LogP contribution is -2.29. The Labute approximate surface area is 105 Å². The Morgan fingerprint density at radius 3 is 2.56 bits per heavy atom. The van der Waals surface area contributed by atoms with Crippen molar-refractivity contribution in [2.45, 2.75) is 18.9 Å². The Kier molecular flexibility index (Phi) is 5.18. The maximum atomic E-state index is 13.5. The smallest absolute Gasteiger partial charge is 0.147 e. The summed E-state index contributed by atoms with van der Waals surface area (Å²) in [7, 11) is -3.05. The van der Waals surface area contributed by atoms with E-state index >= 15 is 0 Å². The molecule has 0 spiro atoms. The molecule has 0 aliphatic carbocycles. The van der Waals surface area contributed by atoms with Crippen molar-refractivity contribution in [1.82, 2.24) is 5.43 Å². The quantitative estimate of drug-likeness (QED) is 0.607. The lowest BCUT2D eigenvalue weighted by atomic mass is 10.0. The summed E-state index contributed by atoms with van der Waals surface area (Å²) in [6.45, 7) is 0. The summed E-state index contributed by atoms with van der Waals surface area (Å²) in [6.07, 6.45) is 1.84. The standard InChI is InChI=1S/C11H16F2N2O2S/c1-18(16,17)6-2-3-11(15-14)9-5-4-8(12)7-10(9)13/h4-5,7,11,15H,2-3,6,14H2,1H3. The van der Waals surface area contributed by atoms with Crippen molar-refractivity contribution in [2.75, 3.05) is 12.0 Å². The fourth-order valence-electron chi connectivity index (χ4n) is 1.66. The van der Waals surface area contributed by atoms with Crippen LogP contribution in [0, 0.1) is 11.6 Å². The summed E-state index contributed by atoms with van der Waals surface area (Å²) in [4.78, 5) is 0. The number of nitrogens with one attached hydrogen (secondary N) is 1. The van der Waals surface area contributed by atoms with E-state index in [2.05, 4.69) is 5.43 Å². The Morgan fingerprint density at radius 2 is 2.06 bits per heavy atom. The van der Waals surface area contributed by atoms with Gasteiger partial charge < -0.3 is 0 Å². The van der Waals surface area contributed by atoms with Crippen molar-refractivity contribution in [3.05, 3.63) is 35.4 Å². The molecule has 7 heteroatoms. The summed E-state index contributed by atoms with van der Waals surface area (Å²) in [5.41, 5.74) is 2.64. The number of hydrazine groups is 1. The molecule has 0 amide bonds. The van der Waals surface area contributed by atoms with E-state index in [1.165, 1.54) is 6.07 Å². The minimum Gasteiger partial charge on any atom is -0.271 e. The zero-order valence-corrected chi connectivity index (χ0v) is 10.8. The predicted molar refractivity (Wildman–Crippen MR) is 65.4 cm³/mol. The molecule has 0 saturated carbocycles. The van der Waals surface area contributed by atoms with Crippen molar-refractivity contribution in [3.8, 4) is 0 Å². The molecule has 1 aromatic carbocycles. The molecule has 1 rings (SSSR count). The second-order valence-electron chi connectivity index (χ2n) is 4.16. The normalized spacial score (nSPS) is 13.6. The van der Waals surface area contributed by atoms with Gasteiger partial charge in [-0.3, -0.25) is 11.3 Å². The number of rotatable bonds is 6. The molecule has 18 heavy (non-hydrogen) atoms. The zero-order chi connectivity index (χ0) is 13.8. The number of hydrogen-bond acceptors (Lipinski definition) is 4. The molecule has 0 fully saturated rings. The van der Waals surface area contributed by atoms with Crippen molar-refractivity contribution >= 4 is 9.84 Å². The average molecular weight is 278 g/mol. The first-order valence-corrected chi connectivity index (χ1v) is 7.48. The molecule has 4 nitrogen and oxygen atoms in total. The molecule has 1 aromatic rings. The molecule has 0 aliphatic heterocycles. The highest BCUT2D eigenvalue weighted by Gasteiger charge is 2.15. The SMILES string of the molecule is CS(=O)(=O)CCCC(NN)c1ccc(F)cc1F. The minimum atomic E-state index is -3.05. The van der Waals surface area contributed by atoms with E-state index < -0.39 is 27.5 Å². The average Bonchev–Trinajstić information content (AvgIpc) is 2.24. The fourth-order valence-corrected chi connectivity index (χ4v) is 2.35. The highest BCUT2D eigenvalue weighted by Crippen LogP contribution is 2.21. The van der Waals surface area contributed by atoms with Gasteiger partial charge in [0.25, 0.3) is 0 Å². The van der Waals surface area contributed by atoms with Crippen LogP contribution in [0.5, 0.6) is 0 Å². The highest BCUT2D eigenvalue weighted by molar-refractivity contribution is 7.90. The van der Waals surface area contributed by atoms with Crippen LogP contribution >= 0.6 is 0 Å². The second-order valence-corrected chi connectivity index (χ2v) is 6.42. The van der Waals surface area contributed by atoms with E-state index in [4.69, 9.17) is 5.84 Å². The largest absolute Gasteiger partial charge is 0.271 e. The molecule has 0 saturated heterocycles. The summed E-state index contributed by atoms with van der Waals surface area (Å²) in [5, 5.41) is 0. The van der Waals surface area contributed by atoms with Gasteiger partial charge in [-0.05, 0) is 18.9 Å². The third-order valence-corrected chi connectivity index (χ3v) is 3.58. The van der Waals surface area contributed by atoms with Crippen LogP contribution in [0.4, 0.5) is 8.78 Å². The van der Waals surface area contributed by atoms with Gasteiger partial charge >= 0.3 is 0 Å². The predicted octanol–water partition coefficient (Wildman–Crippen LogP) is 1.29. The lowest BCUT2D eigenvalue weighted by molar-refractivity contribution is 0.475. The van der Waals surface area contributed by atoms with Gasteiger partial charge in [0, 0.05) is 29.7 Å². The van der Waals surface area contributed by atoms with E-state index in [0.717, 1.165) is 18.4 Å². The van der Waals surface area contributed by atoms with Gasteiger partial charge in [0.15, 0.2) is 0 Å². The molecular weight excluding hydrogens is 262 g/mol. The van der Waals surface area contributed by atoms with Crippen molar-refractivity contribution in [1.29, 1.82) is 0 Å². The Bertz CT molecular complexity index is 506. The van der Waals surface area contributed by atoms with Crippen LogP contribution in [0.3, 0.4) is 0 Å². The van der Waals surface area contributed by atoms with Gasteiger partial charge in [-0.15, -0.1) is 0 Å². The van der Waals surface area contributed by atoms with Gasteiger partial charge in [0.1, 0.15) is 21.5 Å². The number of sulfone groups is 1. The molecule has 1 atom stereocenters. The summed E-state index contributed by atoms with van der Waals surface area (Å²) >= 11 is 0. The van der Waals surface area contributed by atoms with Gasteiger partial charge in [0.2, 0.25) is 0 Å². The summed E-state index contributed by atoms with van der Waals surface area (Å²) < 4.78 is 48.2. The van der Waals surface area contributed by atoms with Gasteiger partial charge in [-0.1, -0.05) is 6.07 Å².